The van der Waals surface area contributed by atoms with E-state index in [4.69, 9.17) is 4.74 Å². The van der Waals surface area contributed by atoms with Crippen LogP contribution < -0.4 is 4.90 Å². The summed E-state index contributed by atoms with van der Waals surface area (Å²) >= 11 is 0. The zero-order chi connectivity index (χ0) is 12.8. The number of anilines is 1. The third-order valence-electron chi connectivity index (χ3n) is 3.71. The molecular weight excluding hydrogens is 232 g/mol. The first-order valence-corrected chi connectivity index (χ1v) is 6.08. The van der Waals surface area contributed by atoms with E-state index < -0.39 is 5.72 Å². The summed E-state index contributed by atoms with van der Waals surface area (Å²) < 4.78 is 5.28. The molecule has 0 radical (unpaired) electrons. The van der Waals surface area contributed by atoms with E-state index in [1.165, 1.54) is 4.90 Å². The predicted octanol–water partition coefficient (Wildman–Crippen LogP) is 0.140. The van der Waals surface area contributed by atoms with E-state index in [1.807, 2.05) is 24.3 Å². The molecule has 1 aromatic rings. The molecule has 3 rings (SSSR count). The number of ether oxygens (including phenoxy) is 1. The standard InChI is InChI=1S/C13H16N2O3/c1-14-11-5-3-2-4-10(11)13(17,12(14)16)15-6-8-18-9-7-15/h2-5,17H,6-9H2,1H3. The summed E-state index contributed by atoms with van der Waals surface area (Å²) in [5.74, 6) is -0.286. The minimum absolute atomic E-state index is 0.286. The second-order valence-corrected chi connectivity index (χ2v) is 4.65. The van der Waals surface area contributed by atoms with Gasteiger partial charge in [-0.05, 0) is 6.07 Å². The molecule has 1 unspecified atom stereocenters. The normalized spacial score (nSPS) is 28.6. The molecule has 5 nitrogen and oxygen atoms in total. The lowest BCUT2D eigenvalue weighted by molar-refractivity contribution is -0.170. The summed E-state index contributed by atoms with van der Waals surface area (Å²) in [6.45, 7) is 2.21. The van der Waals surface area contributed by atoms with Crippen LogP contribution in [0, 0.1) is 0 Å². The first kappa shape index (κ1) is 11.6. The molecule has 0 bridgehead atoms. The first-order chi connectivity index (χ1) is 8.65. The Balaban J connectivity index is 2.07. The summed E-state index contributed by atoms with van der Waals surface area (Å²) in [7, 11) is 1.69. The molecule has 0 aromatic heterocycles. The Morgan fingerprint density at radius 3 is 2.67 bits per heavy atom. The van der Waals surface area contributed by atoms with Crippen molar-refractivity contribution in [3.05, 3.63) is 29.8 Å². The zero-order valence-corrected chi connectivity index (χ0v) is 10.3. The van der Waals surface area contributed by atoms with Crippen LogP contribution >= 0.6 is 0 Å². The van der Waals surface area contributed by atoms with Gasteiger partial charge >= 0.3 is 0 Å². The molecule has 96 valence electrons. The maximum Gasteiger partial charge on any atom is 0.279 e. The van der Waals surface area contributed by atoms with Crippen LogP contribution in [0.15, 0.2) is 24.3 Å². The number of rotatable bonds is 1. The SMILES string of the molecule is CN1C(=O)C(O)(N2CCOCC2)c2ccccc21. The van der Waals surface area contributed by atoms with Gasteiger partial charge in [-0.3, -0.25) is 9.69 Å². The number of carbonyl (C=O) groups excluding carboxylic acids is 1. The van der Waals surface area contributed by atoms with Crippen molar-refractivity contribution in [1.82, 2.24) is 4.90 Å². The average molecular weight is 248 g/mol. The number of amides is 1. The number of morpholine rings is 1. The largest absolute Gasteiger partial charge is 0.379 e. The lowest BCUT2D eigenvalue weighted by atomic mass is 10.0. The second-order valence-electron chi connectivity index (χ2n) is 4.65. The van der Waals surface area contributed by atoms with Crippen molar-refractivity contribution in [3.63, 3.8) is 0 Å². The van der Waals surface area contributed by atoms with E-state index in [1.54, 1.807) is 11.9 Å². The minimum atomic E-state index is -1.53. The molecule has 1 atom stereocenters. The van der Waals surface area contributed by atoms with Gasteiger partial charge in [-0.15, -0.1) is 0 Å². The number of aliphatic hydroxyl groups is 1. The molecule has 5 heteroatoms. The Morgan fingerprint density at radius 1 is 1.28 bits per heavy atom. The lowest BCUT2D eigenvalue weighted by Crippen LogP contribution is -2.56. The molecule has 0 aliphatic carbocycles. The number of hydrogen-bond acceptors (Lipinski definition) is 4. The van der Waals surface area contributed by atoms with E-state index in [0.717, 1.165) is 5.69 Å². The van der Waals surface area contributed by atoms with Gasteiger partial charge in [0, 0.05) is 25.7 Å². The smallest absolute Gasteiger partial charge is 0.279 e. The van der Waals surface area contributed by atoms with Crippen LogP contribution in [-0.4, -0.2) is 49.3 Å². The van der Waals surface area contributed by atoms with E-state index in [-0.39, 0.29) is 5.91 Å². The molecule has 2 heterocycles. The number of hydrogen-bond donors (Lipinski definition) is 1. The summed E-state index contributed by atoms with van der Waals surface area (Å²) in [6, 6.07) is 7.38. The van der Waals surface area contributed by atoms with E-state index >= 15 is 0 Å². The fourth-order valence-corrected chi connectivity index (χ4v) is 2.71. The number of likely N-dealkylation sites (N-methyl/N-ethyl adjacent to an activating group) is 1. The molecule has 1 amide bonds. The van der Waals surface area contributed by atoms with Gasteiger partial charge in [0.15, 0.2) is 0 Å². The predicted molar refractivity (Wildman–Crippen MR) is 66.1 cm³/mol. The van der Waals surface area contributed by atoms with Gasteiger partial charge in [0.1, 0.15) is 0 Å². The van der Waals surface area contributed by atoms with Gasteiger partial charge in [0.2, 0.25) is 5.72 Å². The van der Waals surface area contributed by atoms with Crippen molar-refractivity contribution in [2.75, 3.05) is 38.3 Å². The van der Waals surface area contributed by atoms with Gasteiger partial charge in [-0.25, -0.2) is 0 Å². The topological polar surface area (TPSA) is 53.0 Å². The van der Waals surface area contributed by atoms with Gasteiger partial charge in [-0.2, -0.15) is 0 Å². The Bertz CT molecular complexity index is 485. The molecule has 18 heavy (non-hydrogen) atoms. The lowest BCUT2D eigenvalue weighted by Gasteiger charge is -2.37. The number of benzene rings is 1. The molecule has 1 aromatic carbocycles. The average Bonchev–Trinajstić information content (AvgIpc) is 2.64. The van der Waals surface area contributed by atoms with Crippen LogP contribution in [0.2, 0.25) is 0 Å². The molecule has 1 saturated heterocycles. The zero-order valence-electron chi connectivity index (χ0n) is 10.3. The van der Waals surface area contributed by atoms with Gasteiger partial charge in [0.25, 0.3) is 5.91 Å². The highest BCUT2D eigenvalue weighted by molar-refractivity contribution is 6.06. The van der Waals surface area contributed by atoms with Crippen LogP contribution in [0.1, 0.15) is 5.56 Å². The number of fused-ring (bicyclic) bond motifs is 1. The Labute approximate surface area is 106 Å². The molecule has 0 spiro atoms. The summed E-state index contributed by atoms with van der Waals surface area (Å²) in [5, 5.41) is 10.9. The maximum absolute atomic E-state index is 12.4. The molecular formula is C13H16N2O3. The summed E-state index contributed by atoms with van der Waals surface area (Å²) in [6.07, 6.45) is 0. The van der Waals surface area contributed by atoms with Crippen molar-refractivity contribution in [3.8, 4) is 0 Å². The van der Waals surface area contributed by atoms with Crippen LogP contribution in [-0.2, 0) is 15.3 Å². The number of para-hydroxylation sites is 1. The Kier molecular flexibility index (Phi) is 2.62. The minimum Gasteiger partial charge on any atom is -0.379 e. The van der Waals surface area contributed by atoms with Gasteiger partial charge in [0.05, 0.1) is 18.9 Å². The van der Waals surface area contributed by atoms with Crippen molar-refractivity contribution in [2.45, 2.75) is 5.72 Å². The Morgan fingerprint density at radius 2 is 1.94 bits per heavy atom. The van der Waals surface area contributed by atoms with E-state index in [2.05, 4.69) is 0 Å². The third-order valence-corrected chi connectivity index (χ3v) is 3.71. The van der Waals surface area contributed by atoms with Crippen molar-refractivity contribution in [2.24, 2.45) is 0 Å². The summed E-state index contributed by atoms with van der Waals surface area (Å²) in [5.41, 5.74) is -0.0920. The van der Waals surface area contributed by atoms with E-state index in [9.17, 15) is 9.90 Å². The second kappa shape index (κ2) is 4.05. The fourth-order valence-electron chi connectivity index (χ4n) is 2.71. The fraction of sp³-hybridized carbons (Fsp3) is 0.462. The van der Waals surface area contributed by atoms with Crippen molar-refractivity contribution in [1.29, 1.82) is 0 Å². The first-order valence-electron chi connectivity index (χ1n) is 6.08. The third kappa shape index (κ3) is 1.41. The molecule has 0 saturated carbocycles. The van der Waals surface area contributed by atoms with Crippen LogP contribution in [0.5, 0.6) is 0 Å². The highest BCUT2D eigenvalue weighted by Gasteiger charge is 2.52. The maximum atomic E-state index is 12.4. The summed E-state index contributed by atoms with van der Waals surface area (Å²) in [4.78, 5) is 15.7. The van der Waals surface area contributed by atoms with Crippen LogP contribution in [0.3, 0.4) is 0 Å². The monoisotopic (exact) mass is 248 g/mol. The molecule has 1 N–H and O–H groups in total. The van der Waals surface area contributed by atoms with Gasteiger partial charge in [-0.1, -0.05) is 18.2 Å². The Hall–Kier alpha value is -1.43. The molecule has 2 aliphatic heterocycles. The highest BCUT2D eigenvalue weighted by Crippen LogP contribution is 2.41. The number of carbonyl (C=O) groups is 1. The van der Waals surface area contributed by atoms with E-state index in [0.29, 0.717) is 31.9 Å². The van der Waals surface area contributed by atoms with Crippen LogP contribution in [0.4, 0.5) is 5.69 Å². The molecule has 2 aliphatic rings. The quantitative estimate of drug-likeness (QED) is 0.768. The van der Waals surface area contributed by atoms with Gasteiger partial charge < -0.3 is 14.7 Å². The van der Waals surface area contributed by atoms with Crippen LogP contribution in [0.25, 0.3) is 0 Å². The highest BCUT2D eigenvalue weighted by atomic mass is 16.5. The number of nitrogens with zero attached hydrogens (tertiary/aromatic N) is 2. The molecule has 1 fully saturated rings. The van der Waals surface area contributed by atoms with Crippen molar-refractivity contribution < 1.29 is 14.6 Å². The van der Waals surface area contributed by atoms with Crippen molar-refractivity contribution >= 4 is 11.6 Å².